The number of aliphatic hydroxyl groups is 2. The summed E-state index contributed by atoms with van der Waals surface area (Å²) >= 11 is 6.22. The van der Waals surface area contributed by atoms with Crippen molar-refractivity contribution in [1.29, 1.82) is 0 Å². The summed E-state index contributed by atoms with van der Waals surface area (Å²) in [5, 5.41) is 19.9. The molecule has 0 spiro atoms. The van der Waals surface area contributed by atoms with Gasteiger partial charge in [-0.05, 0) is 44.2 Å². The zero-order valence-corrected chi connectivity index (χ0v) is 11.7. The first-order chi connectivity index (χ1) is 8.45. The van der Waals surface area contributed by atoms with Gasteiger partial charge >= 0.3 is 0 Å². The maximum atomic E-state index is 9.81. The fourth-order valence-electron chi connectivity index (χ4n) is 2.62. The Hall–Kier alpha value is -0.770. The van der Waals surface area contributed by atoms with Crippen LogP contribution in [0, 0.1) is 6.92 Å². The Morgan fingerprint density at radius 2 is 2.06 bits per heavy atom. The van der Waals surface area contributed by atoms with Gasteiger partial charge < -0.3 is 14.9 Å². The van der Waals surface area contributed by atoms with Gasteiger partial charge in [0.05, 0.1) is 19.3 Å². The number of hydrogen-bond donors (Lipinski definition) is 2. The van der Waals surface area contributed by atoms with Crippen LogP contribution in [0.2, 0.25) is 5.02 Å². The second-order valence-electron chi connectivity index (χ2n) is 5.02. The van der Waals surface area contributed by atoms with Crippen LogP contribution in [0.3, 0.4) is 0 Å². The van der Waals surface area contributed by atoms with Crippen molar-refractivity contribution in [3.63, 3.8) is 0 Å². The lowest BCUT2D eigenvalue weighted by Crippen LogP contribution is -2.27. The minimum Gasteiger partial charge on any atom is -0.496 e. The van der Waals surface area contributed by atoms with E-state index in [-0.39, 0.29) is 12.0 Å². The third kappa shape index (κ3) is 2.22. The molecule has 18 heavy (non-hydrogen) atoms. The zero-order valence-electron chi connectivity index (χ0n) is 10.9. The summed E-state index contributed by atoms with van der Waals surface area (Å²) in [6.45, 7) is 3.65. The Morgan fingerprint density at radius 1 is 1.44 bits per heavy atom. The molecular weight excluding hydrogens is 252 g/mol. The number of methoxy groups -OCH3 is 1. The molecule has 3 nitrogen and oxygen atoms in total. The molecule has 2 rings (SSSR count). The normalized spacial score (nSPS) is 24.6. The average Bonchev–Trinajstić information content (AvgIpc) is 2.28. The lowest BCUT2D eigenvalue weighted by atomic mass is 9.75. The highest BCUT2D eigenvalue weighted by Gasteiger charge is 2.33. The average molecular weight is 271 g/mol. The highest BCUT2D eigenvalue weighted by atomic mass is 35.5. The Kier molecular flexibility index (Phi) is 3.85. The molecule has 0 radical (unpaired) electrons. The van der Waals surface area contributed by atoms with Crippen molar-refractivity contribution >= 4 is 11.6 Å². The molecule has 0 heterocycles. The molecule has 4 heteroatoms. The van der Waals surface area contributed by atoms with Crippen LogP contribution in [0.5, 0.6) is 5.75 Å². The van der Waals surface area contributed by atoms with Crippen molar-refractivity contribution in [2.45, 2.75) is 44.8 Å². The van der Waals surface area contributed by atoms with E-state index in [1.54, 1.807) is 20.1 Å². The van der Waals surface area contributed by atoms with E-state index in [2.05, 4.69) is 0 Å². The maximum Gasteiger partial charge on any atom is 0.128 e. The smallest absolute Gasteiger partial charge is 0.128 e. The van der Waals surface area contributed by atoms with Crippen LogP contribution in [0.25, 0.3) is 0 Å². The van der Waals surface area contributed by atoms with Gasteiger partial charge in [0.25, 0.3) is 0 Å². The SMILES string of the molecule is COc1c(C(C)O)cc(Cl)c(C)c1C1CC(O)C1. The van der Waals surface area contributed by atoms with E-state index < -0.39 is 6.10 Å². The molecule has 1 fully saturated rings. The van der Waals surface area contributed by atoms with E-state index in [0.717, 1.165) is 24.0 Å². The van der Waals surface area contributed by atoms with Gasteiger partial charge in [-0.15, -0.1) is 0 Å². The largest absolute Gasteiger partial charge is 0.496 e. The fourth-order valence-corrected chi connectivity index (χ4v) is 2.84. The lowest BCUT2D eigenvalue weighted by Gasteiger charge is -2.34. The lowest BCUT2D eigenvalue weighted by molar-refractivity contribution is 0.0734. The van der Waals surface area contributed by atoms with Crippen molar-refractivity contribution < 1.29 is 14.9 Å². The van der Waals surface area contributed by atoms with Crippen LogP contribution in [0.4, 0.5) is 0 Å². The number of halogens is 1. The topological polar surface area (TPSA) is 49.7 Å². The molecule has 1 unspecified atom stereocenters. The molecule has 1 aromatic carbocycles. The first-order valence-corrected chi connectivity index (χ1v) is 6.56. The minimum atomic E-state index is -0.623. The summed E-state index contributed by atoms with van der Waals surface area (Å²) in [5.41, 5.74) is 2.73. The van der Waals surface area contributed by atoms with Crippen molar-refractivity contribution in [3.8, 4) is 5.75 Å². The first kappa shape index (κ1) is 13.7. The highest BCUT2D eigenvalue weighted by molar-refractivity contribution is 6.31. The van der Waals surface area contributed by atoms with Crippen LogP contribution in [-0.4, -0.2) is 23.4 Å². The van der Waals surface area contributed by atoms with Crippen LogP contribution in [0.15, 0.2) is 6.07 Å². The fraction of sp³-hybridized carbons (Fsp3) is 0.571. The third-order valence-electron chi connectivity index (χ3n) is 3.73. The van der Waals surface area contributed by atoms with E-state index in [1.807, 2.05) is 6.92 Å². The molecule has 0 aliphatic heterocycles. The van der Waals surface area contributed by atoms with Crippen molar-refractivity contribution in [1.82, 2.24) is 0 Å². The van der Waals surface area contributed by atoms with Crippen molar-refractivity contribution in [2.24, 2.45) is 0 Å². The van der Waals surface area contributed by atoms with E-state index in [9.17, 15) is 10.2 Å². The molecule has 1 saturated carbocycles. The number of rotatable bonds is 3. The molecule has 1 aromatic rings. The number of ether oxygens (including phenoxy) is 1. The molecule has 0 bridgehead atoms. The molecular formula is C14H19ClO3. The van der Waals surface area contributed by atoms with Crippen LogP contribution in [0.1, 0.15) is 48.5 Å². The Bertz CT molecular complexity index is 451. The Balaban J connectivity index is 2.54. The molecule has 1 aliphatic rings. The third-order valence-corrected chi connectivity index (χ3v) is 4.12. The zero-order chi connectivity index (χ0) is 13.4. The van der Waals surface area contributed by atoms with Gasteiger partial charge in [0, 0.05) is 16.1 Å². The van der Waals surface area contributed by atoms with Gasteiger partial charge in [0.2, 0.25) is 0 Å². The highest BCUT2D eigenvalue weighted by Crippen LogP contribution is 2.47. The van der Waals surface area contributed by atoms with Gasteiger partial charge in [-0.3, -0.25) is 0 Å². The molecule has 1 aliphatic carbocycles. The summed E-state index contributed by atoms with van der Waals surface area (Å²) in [7, 11) is 1.60. The van der Waals surface area contributed by atoms with Gasteiger partial charge in [0.15, 0.2) is 0 Å². The van der Waals surface area contributed by atoms with Gasteiger partial charge in [-0.25, -0.2) is 0 Å². The summed E-state index contributed by atoms with van der Waals surface area (Å²) < 4.78 is 5.47. The van der Waals surface area contributed by atoms with Gasteiger partial charge in [0.1, 0.15) is 5.75 Å². The number of benzene rings is 1. The summed E-state index contributed by atoms with van der Waals surface area (Å²) in [6, 6.07) is 1.76. The van der Waals surface area contributed by atoms with Crippen LogP contribution < -0.4 is 4.74 Å². The first-order valence-electron chi connectivity index (χ1n) is 6.18. The number of hydrogen-bond acceptors (Lipinski definition) is 3. The quantitative estimate of drug-likeness (QED) is 0.888. The predicted octanol–water partition coefficient (Wildman–Crippen LogP) is 2.95. The molecule has 2 N–H and O–H groups in total. The second-order valence-corrected chi connectivity index (χ2v) is 5.42. The van der Waals surface area contributed by atoms with E-state index in [1.165, 1.54) is 0 Å². The summed E-state index contributed by atoms with van der Waals surface area (Å²) in [5.74, 6) is 0.981. The van der Waals surface area contributed by atoms with E-state index in [4.69, 9.17) is 16.3 Å². The van der Waals surface area contributed by atoms with Gasteiger partial charge in [-0.1, -0.05) is 11.6 Å². The summed E-state index contributed by atoms with van der Waals surface area (Å²) in [4.78, 5) is 0. The van der Waals surface area contributed by atoms with Crippen molar-refractivity contribution in [3.05, 3.63) is 27.8 Å². The maximum absolute atomic E-state index is 9.81. The summed E-state index contributed by atoms with van der Waals surface area (Å²) in [6.07, 6.45) is 0.614. The molecule has 0 saturated heterocycles. The predicted molar refractivity (Wildman–Crippen MR) is 71.4 cm³/mol. The second kappa shape index (κ2) is 5.08. The van der Waals surface area contributed by atoms with E-state index >= 15 is 0 Å². The van der Waals surface area contributed by atoms with E-state index in [0.29, 0.717) is 16.3 Å². The Labute approximate surface area is 112 Å². The molecule has 0 amide bonds. The molecule has 100 valence electrons. The standard InChI is InChI=1S/C14H19ClO3/c1-7-12(15)6-11(8(2)16)14(18-3)13(7)9-4-10(17)5-9/h6,8-10,16-17H,4-5H2,1-3H3. The van der Waals surface area contributed by atoms with Gasteiger partial charge in [-0.2, -0.15) is 0 Å². The molecule has 1 atom stereocenters. The van der Waals surface area contributed by atoms with Crippen LogP contribution >= 0.6 is 11.6 Å². The number of aliphatic hydroxyl groups excluding tert-OH is 2. The Morgan fingerprint density at radius 3 is 2.50 bits per heavy atom. The minimum absolute atomic E-state index is 0.229. The monoisotopic (exact) mass is 270 g/mol. The van der Waals surface area contributed by atoms with Crippen molar-refractivity contribution in [2.75, 3.05) is 7.11 Å². The molecule has 0 aromatic heterocycles. The van der Waals surface area contributed by atoms with Crippen LogP contribution in [-0.2, 0) is 0 Å².